The fourth-order valence-electron chi connectivity index (χ4n) is 2.07. The van der Waals surface area contributed by atoms with E-state index < -0.39 is 0 Å². The van der Waals surface area contributed by atoms with Gasteiger partial charge in [0.1, 0.15) is 11.4 Å². The number of anilines is 1. The summed E-state index contributed by atoms with van der Waals surface area (Å²) in [6.07, 6.45) is 0.827. The van der Waals surface area contributed by atoms with Gasteiger partial charge in [-0.25, -0.2) is 4.68 Å². The summed E-state index contributed by atoms with van der Waals surface area (Å²) in [5, 5.41) is 4.40. The Morgan fingerprint density at radius 3 is 2.77 bits per heavy atom. The highest BCUT2D eigenvalue weighted by atomic mass is 16.5. The molecule has 0 spiro atoms. The highest BCUT2D eigenvalue weighted by Gasteiger charge is 2.08. The number of nitrogens with zero attached hydrogens (tertiary/aromatic N) is 2. The van der Waals surface area contributed by atoms with E-state index in [4.69, 9.17) is 10.5 Å². The van der Waals surface area contributed by atoms with Gasteiger partial charge in [-0.05, 0) is 30.5 Å². The van der Waals surface area contributed by atoms with Gasteiger partial charge in [-0.15, -0.1) is 0 Å². The molecule has 0 amide bonds. The second-order valence-corrected chi connectivity index (χ2v) is 5.75. The predicted octanol–water partition coefficient (Wildman–Crippen LogP) is 2.94. The van der Waals surface area contributed by atoms with Crippen molar-refractivity contribution in [3.63, 3.8) is 0 Å². The zero-order chi connectivity index (χ0) is 16.1. The largest absolute Gasteiger partial charge is 0.493 e. The van der Waals surface area contributed by atoms with Crippen molar-refractivity contribution in [1.82, 2.24) is 9.78 Å². The lowest BCUT2D eigenvalue weighted by Gasteiger charge is -2.11. The fourth-order valence-corrected chi connectivity index (χ4v) is 2.07. The van der Waals surface area contributed by atoms with Crippen molar-refractivity contribution in [2.75, 3.05) is 12.3 Å². The Balaban J connectivity index is 2.35. The smallest absolute Gasteiger partial charge is 0.289 e. The average molecular weight is 301 g/mol. The Morgan fingerprint density at radius 2 is 2.09 bits per heavy atom. The van der Waals surface area contributed by atoms with Crippen molar-refractivity contribution in [3.8, 4) is 17.0 Å². The molecule has 0 fully saturated rings. The molecule has 22 heavy (non-hydrogen) atoms. The SMILES string of the molecule is CCCn1nc(-c2cccc(OCC(C)C)c2)cc(N)c1=O. The van der Waals surface area contributed by atoms with Crippen molar-refractivity contribution in [1.29, 1.82) is 0 Å². The lowest BCUT2D eigenvalue weighted by atomic mass is 10.1. The van der Waals surface area contributed by atoms with E-state index in [1.165, 1.54) is 4.68 Å². The number of rotatable bonds is 6. The first-order valence-corrected chi connectivity index (χ1v) is 7.62. The van der Waals surface area contributed by atoms with Gasteiger partial charge in [0.05, 0.1) is 12.3 Å². The van der Waals surface area contributed by atoms with Crippen LogP contribution < -0.4 is 16.0 Å². The van der Waals surface area contributed by atoms with Gasteiger partial charge in [-0.1, -0.05) is 32.9 Å². The first kappa shape index (κ1) is 16.1. The van der Waals surface area contributed by atoms with Gasteiger partial charge < -0.3 is 10.5 Å². The second kappa shape index (κ2) is 7.11. The van der Waals surface area contributed by atoms with E-state index in [-0.39, 0.29) is 11.2 Å². The van der Waals surface area contributed by atoms with Gasteiger partial charge in [0, 0.05) is 12.1 Å². The van der Waals surface area contributed by atoms with E-state index in [0.717, 1.165) is 17.7 Å². The Kier molecular flexibility index (Phi) is 5.20. The molecule has 2 N–H and O–H groups in total. The van der Waals surface area contributed by atoms with Crippen molar-refractivity contribution in [2.24, 2.45) is 5.92 Å². The topological polar surface area (TPSA) is 70.1 Å². The molecule has 2 rings (SSSR count). The molecule has 0 radical (unpaired) electrons. The number of ether oxygens (including phenoxy) is 1. The zero-order valence-electron chi connectivity index (χ0n) is 13.4. The summed E-state index contributed by atoms with van der Waals surface area (Å²) in [6.45, 7) is 7.42. The lowest BCUT2D eigenvalue weighted by Crippen LogP contribution is -2.25. The van der Waals surface area contributed by atoms with Gasteiger partial charge in [0.15, 0.2) is 0 Å². The molecule has 0 aliphatic rings. The van der Waals surface area contributed by atoms with Gasteiger partial charge >= 0.3 is 0 Å². The Morgan fingerprint density at radius 1 is 1.32 bits per heavy atom. The Hall–Kier alpha value is -2.30. The molecule has 1 aromatic carbocycles. The maximum absolute atomic E-state index is 11.9. The first-order valence-electron chi connectivity index (χ1n) is 7.62. The Bertz CT molecular complexity index is 693. The number of aromatic nitrogens is 2. The van der Waals surface area contributed by atoms with Gasteiger partial charge in [-0.3, -0.25) is 4.79 Å². The van der Waals surface area contributed by atoms with Crippen LogP contribution in [0.25, 0.3) is 11.3 Å². The molecular formula is C17H23N3O2. The van der Waals surface area contributed by atoms with Gasteiger partial charge in [0.2, 0.25) is 0 Å². The summed E-state index contributed by atoms with van der Waals surface area (Å²) in [4.78, 5) is 11.9. The van der Waals surface area contributed by atoms with Crippen LogP contribution in [0.1, 0.15) is 27.2 Å². The molecule has 1 aromatic heterocycles. The number of nitrogens with two attached hydrogens (primary N) is 1. The third kappa shape index (κ3) is 3.87. The average Bonchev–Trinajstić information content (AvgIpc) is 2.50. The van der Waals surface area contributed by atoms with Crippen molar-refractivity contribution < 1.29 is 4.74 Å². The van der Waals surface area contributed by atoms with Crippen LogP contribution in [-0.4, -0.2) is 16.4 Å². The molecule has 0 bridgehead atoms. The molecule has 0 aliphatic carbocycles. The monoisotopic (exact) mass is 301 g/mol. The highest BCUT2D eigenvalue weighted by molar-refractivity contribution is 5.63. The van der Waals surface area contributed by atoms with Crippen LogP contribution in [-0.2, 0) is 6.54 Å². The number of hydrogen-bond acceptors (Lipinski definition) is 4. The maximum Gasteiger partial charge on any atom is 0.289 e. The molecule has 0 unspecified atom stereocenters. The molecular weight excluding hydrogens is 278 g/mol. The van der Waals surface area contributed by atoms with Gasteiger partial charge in [0.25, 0.3) is 5.56 Å². The lowest BCUT2D eigenvalue weighted by molar-refractivity contribution is 0.271. The maximum atomic E-state index is 11.9. The van der Waals surface area contributed by atoms with E-state index in [1.54, 1.807) is 6.07 Å². The molecule has 1 heterocycles. The third-order valence-electron chi connectivity index (χ3n) is 3.15. The number of hydrogen-bond donors (Lipinski definition) is 1. The summed E-state index contributed by atoms with van der Waals surface area (Å²) in [5.74, 6) is 1.25. The summed E-state index contributed by atoms with van der Waals surface area (Å²) in [7, 11) is 0. The second-order valence-electron chi connectivity index (χ2n) is 5.75. The van der Waals surface area contributed by atoms with E-state index >= 15 is 0 Å². The van der Waals surface area contributed by atoms with E-state index in [2.05, 4.69) is 18.9 Å². The zero-order valence-corrected chi connectivity index (χ0v) is 13.4. The minimum Gasteiger partial charge on any atom is -0.493 e. The first-order chi connectivity index (χ1) is 10.5. The van der Waals surface area contributed by atoms with Crippen LogP contribution >= 0.6 is 0 Å². The van der Waals surface area contributed by atoms with E-state index in [9.17, 15) is 4.79 Å². The molecule has 0 saturated heterocycles. The highest BCUT2D eigenvalue weighted by Crippen LogP contribution is 2.23. The Labute approximate surface area is 130 Å². The molecule has 118 valence electrons. The normalized spacial score (nSPS) is 10.9. The third-order valence-corrected chi connectivity index (χ3v) is 3.15. The number of aryl methyl sites for hydroxylation is 1. The van der Waals surface area contributed by atoms with Crippen molar-refractivity contribution in [2.45, 2.75) is 33.7 Å². The minimum absolute atomic E-state index is 0.215. The standard InChI is InChI=1S/C17H23N3O2/c1-4-8-20-17(21)15(18)10-16(19-20)13-6-5-7-14(9-13)22-11-12(2)3/h5-7,9-10,12H,4,8,11,18H2,1-3H3. The molecule has 5 nitrogen and oxygen atoms in total. The summed E-state index contributed by atoms with van der Waals surface area (Å²) < 4.78 is 7.16. The number of nitrogen functional groups attached to an aromatic ring is 1. The van der Waals surface area contributed by atoms with Crippen molar-refractivity contribution in [3.05, 3.63) is 40.7 Å². The van der Waals surface area contributed by atoms with Crippen LogP contribution in [0.5, 0.6) is 5.75 Å². The summed E-state index contributed by atoms with van der Waals surface area (Å²) in [6, 6.07) is 9.31. The molecule has 2 aromatic rings. The van der Waals surface area contributed by atoms with Crippen LogP contribution in [0.3, 0.4) is 0 Å². The predicted molar refractivity (Wildman–Crippen MR) is 89.0 cm³/mol. The van der Waals surface area contributed by atoms with E-state index in [0.29, 0.717) is 24.8 Å². The summed E-state index contributed by atoms with van der Waals surface area (Å²) in [5.41, 5.74) is 7.37. The molecule has 0 saturated carbocycles. The van der Waals surface area contributed by atoms with Crippen LogP contribution in [0.2, 0.25) is 0 Å². The van der Waals surface area contributed by atoms with Gasteiger partial charge in [-0.2, -0.15) is 5.10 Å². The molecule has 0 atom stereocenters. The minimum atomic E-state index is -0.238. The van der Waals surface area contributed by atoms with Crippen LogP contribution in [0.15, 0.2) is 35.1 Å². The van der Waals surface area contributed by atoms with E-state index in [1.807, 2.05) is 31.2 Å². The summed E-state index contributed by atoms with van der Waals surface area (Å²) >= 11 is 0. The molecule has 5 heteroatoms. The van der Waals surface area contributed by atoms with Crippen molar-refractivity contribution >= 4 is 5.69 Å². The quantitative estimate of drug-likeness (QED) is 0.890. The van der Waals surface area contributed by atoms with Crippen LogP contribution in [0, 0.1) is 5.92 Å². The number of benzene rings is 1. The van der Waals surface area contributed by atoms with Crippen LogP contribution in [0.4, 0.5) is 5.69 Å². The fraction of sp³-hybridized carbons (Fsp3) is 0.412. The molecule has 0 aliphatic heterocycles.